The molecule has 0 saturated carbocycles. The van der Waals surface area contributed by atoms with Crippen molar-refractivity contribution >= 4 is 29.0 Å². The first kappa shape index (κ1) is 13.8. The van der Waals surface area contributed by atoms with E-state index in [0.717, 1.165) is 29.4 Å². The average Bonchev–Trinajstić information content (AvgIpc) is 2.98. The number of amides is 1. The van der Waals surface area contributed by atoms with Gasteiger partial charge < -0.3 is 10.0 Å². The molecule has 1 N–H and O–H groups in total. The number of aromatic nitrogens is 1. The molecule has 18 heavy (non-hydrogen) atoms. The van der Waals surface area contributed by atoms with Crippen molar-refractivity contribution < 1.29 is 9.90 Å². The van der Waals surface area contributed by atoms with Crippen molar-refractivity contribution in [1.29, 1.82) is 0 Å². The predicted molar refractivity (Wildman–Crippen MR) is 74.8 cm³/mol. The van der Waals surface area contributed by atoms with Gasteiger partial charge in [0.1, 0.15) is 0 Å². The van der Waals surface area contributed by atoms with Gasteiger partial charge in [-0.15, -0.1) is 23.1 Å². The van der Waals surface area contributed by atoms with E-state index < -0.39 is 0 Å². The first-order chi connectivity index (χ1) is 8.69. The van der Waals surface area contributed by atoms with Crippen LogP contribution in [0.1, 0.15) is 17.1 Å². The maximum Gasteiger partial charge on any atom is 0.232 e. The first-order valence-corrected chi connectivity index (χ1v) is 8.10. The first-order valence-electron chi connectivity index (χ1n) is 6.06. The van der Waals surface area contributed by atoms with E-state index in [0.29, 0.717) is 12.3 Å². The molecule has 1 unspecified atom stereocenters. The lowest BCUT2D eigenvalue weighted by molar-refractivity contribution is -0.127. The zero-order valence-electron chi connectivity index (χ0n) is 10.5. The van der Waals surface area contributed by atoms with E-state index in [1.165, 1.54) is 0 Å². The molecule has 0 aliphatic carbocycles. The highest BCUT2D eigenvalue weighted by Gasteiger charge is 2.25. The van der Waals surface area contributed by atoms with E-state index in [9.17, 15) is 4.79 Å². The van der Waals surface area contributed by atoms with Gasteiger partial charge in [-0.3, -0.25) is 4.79 Å². The van der Waals surface area contributed by atoms with Crippen LogP contribution in [0.15, 0.2) is 5.38 Å². The fourth-order valence-electron chi connectivity index (χ4n) is 2.02. The molecule has 0 spiro atoms. The summed E-state index contributed by atoms with van der Waals surface area (Å²) in [7, 11) is 0. The largest absolute Gasteiger partial charge is 0.396 e. The molecule has 1 amide bonds. The van der Waals surface area contributed by atoms with Gasteiger partial charge in [0.05, 0.1) is 16.5 Å². The van der Waals surface area contributed by atoms with Gasteiger partial charge in [0.15, 0.2) is 0 Å². The van der Waals surface area contributed by atoms with Gasteiger partial charge in [0.2, 0.25) is 5.91 Å². The number of nitrogens with zero attached hydrogens (tertiary/aromatic N) is 2. The fourth-order valence-corrected chi connectivity index (χ4v) is 3.55. The highest BCUT2D eigenvalue weighted by atomic mass is 32.2. The van der Waals surface area contributed by atoms with Gasteiger partial charge in [-0.05, 0) is 13.3 Å². The number of hydrogen-bond acceptors (Lipinski definition) is 5. The van der Waals surface area contributed by atoms with E-state index in [1.54, 1.807) is 23.1 Å². The summed E-state index contributed by atoms with van der Waals surface area (Å²) in [5, 5.41) is 12.2. The molecule has 2 rings (SSSR count). The Morgan fingerprint density at radius 1 is 1.72 bits per heavy atom. The highest BCUT2D eigenvalue weighted by Crippen LogP contribution is 2.19. The van der Waals surface area contributed by atoms with E-state index in [1.807, 2.05) is 17.2 Å². The summed E-state index contributed by atoms with van der Waals surface area (Å²) >= 11 is 3.26. The number of carbonyl (C=O) groups excluding carboxylic acids is 1. The Hall–Kier alpha value is -0.590. The van der Waals surface area contributed by atoms with Gasteiger partial charge >= 0.3 is 0 Å². The molecule has 0 bridgehead atoms. The molecule has 1 aromatic heterocycles. The molecule has 1 aliphatic heterocycles. The fraction of sp³-hybridized carbons (Fsp3) is 0.667. The zero-order valence-corrected chi connectivity index (χ0v) is 12.1. The maximum atomic E-state index is 11.9. The molecule has 1 saturated heterocycles. The highest BCUT2D eigenvalue weighted by molar-refractivity contribution is 7.99. The molecule has 100 valence electrons. The Balaban J connectivity index is 1.69. The number of likely N-dealkylation sites (tertiary alicyclic amines) is 1. The number of aliphatic hydroxyl groups excluding tert-OH is 1. The summed E-state index contributed by atoms with van der Waals surface area (Å²) in [6, 6.07) is 0. The Bertz CT molecular complexity index is 409. The summed E-state index contributed by atoms with van der Waals surface area (Å²) in [6.45, 7) is 3.68. The number of aryl methyl sites for hydroxylation is 1. The minimum Gasteiger partial charge on any atom is -0.396 e. The molecule has 2 heterocycles. The van der Waals surface area contributed by atoms with Crippen molar-refractivity contribution in [3.8, 4) is 0 Å². The van der Waals surface area contributed by atoms with E-state index in [4.69, 9.17) is 5.11 Å². The summed E-state index contributed by atoms with van der Waals surface area (Å²) < 4.78 is 0. The van der Waals surface area contributed by atoms with Crippen LogP contribution in [0.4, 0.5) is 0 Å². The third kappa shape index (κ3) is 3.70. The Morgan fingerprint density at radius 2 is 2.56 bits per heavy atom. The molecular weight excluding hydrogens is 268 g/mol. The second-order valence-electron chi connectivity index (χ2n) is 4.53. The summed E-state index contributed by atoms with van der Waals surface area (Å²) in [5.41, 5.74) is 1.06. The zero-order chi connectivity index (χ0) is 13.0. The number of carbonyl (C=O) groups is 1. The molecule has 6 heteroatoms. The Morgan fingerprint density at radius 3 is 3.17 bits per heavy atom. The second kappa shape index (κ2) is 6.54. The lowest BCUT2D eigenvalue weighted by Gasteiger charge is -2.15. The summed E-state index contributed by atoms with van der Waals surface area (Å²) in [6.07, 6.45) is 0.929. The quantitative estimate of drug-likeness (QED) is 0.892. The molecule has 1 aromatic rings. The predicted octanol–water partition coefficient (Wildman–Crippen LogP) is 1.53. The lowest BCUT2D eigenvalue weighted by atomic mass is 10.1. The van der Waals surface area contributed by atoms with Crippen molar-refractivity contribution in [2.75, 3.05) is 25.4 Å². The molecular formula is C12H18N2O2S2. The van der Waals surface area contributed by atoms with Crippen LogP contribution in [0.25, 0.3) is 0 Å². The van der Waals surface area contributed by atoms with Crippen molar-refractivity contribution in [2.45, 2.75) is 19.1 Å². The SMILES string of the molecule is Cc1nc(CSCC(=O)N2CCC(CO)C2)cs1. The summed E-state index contributed by atoms with van der Waals surface area (Å²) in [5.74, 6) is 1.77. The van der Waals surface area contributed by atoms with Gasteiger partial charge in [-0.2, -0.15) is 0 Å². The third-order valence-electron chi connectivity index (χ3n) is 3.04. The van der Waals surface area contributed by atoms with Crippen LogP contribution < -0.4 is 0 Å². The van der Waals surface area contributed by atoms with Gasteiger partial charge in [0.25, 0.3) is 0 Å². The monoisotopic (exact) mass is 286 g/mol. The van der Waals surface area contributed by atoms with Gasteiger partial charge in [-0.25, -0.2) is 4.98 Å². The van der Waals surface area contributed by atoms with Crippen molar-refractivity contribution in [3.05, 3.63) is 16.1 Å². The van der Waals surface area contributed by atoms with Crippen LogP contribution in [-0.4, -0.2) is 46.3 Å². The molecule has 0 aromatic carbocycles. The number of hydrogen-bond donors (Lipinski definition) is 1. The van der Waals surface area contributed by atoms with Crippen molar-refractivity contribution in [3.63, 3.8) is 0 Å². The van der Waals surface area contributed by atoms with Crippen molar-refractivity contribution in [1.82, 2.24) is 9.88 Å². The maximum absolute atomic E-state index is 11.9. The van der Waals surface area contributed by atoms with E-state index >= 15 is 0 Å². The van der Waals surface area contributed by atoms with Crippen LogP contribution >= 0.6 is 23.1 Å². The van der Waals surface area contributed by atoms with Crippen LogP contribution in [0.3, 0.4) is 0 Å². The number of rotatable bonds is 5. The lowest BCUT2D eigenvalue weighted by Crippen LogP contribution is -2.30. The minimum atomic E-state index is 0.183. The van der Waals surface area contributed by atoms with Crippen LogP contribution in [-0.2, 0) is 10.5 Å². The van der Waals surface area contributed by atoms with E-state index in [2.05, 4.69) is 4.98 Å². The Labute approximate surface area is 115 Å². The van der Waals surface area contributed by atoms with Crippen molar-refractivity contribution in [2.24, 2.45) is 5.92 Å². The molecule has 1 aliphatic rings. The average molecular weight is 286 g/mol. The third-order valence-corrected chi connectivity index (χ3v) is 4.81. The standard InChI is InChI=1S/C12H18N2O2S2/c1-9-13-11(7-18-9)6-17-8-12(16)14-3-2-10(4-14)5-15/h7,10,15H,2-6,8H2,1H3. The normalized spacial score (nSPS) is 19.4. The van der Waals surface area contributed by atoms with Crippen LogP contribution in [0.2, 0.25) is 0 Å². The molecule has 4 nitrogen and oxygen atoms in total. The minimum absolute atomic E-state index is 0.183. The van der Waals surface area contributed by atoms with Gasteiger partial charge in [0, 0.05) is 36.7 Å². The molecule has 1 fully saturated rings. The van der Waals surface area contributed by atoms with Crippen LogP contribution in [0, 0.1) is 12.8 Å². The van der Waals surface area contributed by atoms with E-state index in [-0.39, 0.29) is 18.4 Å². The number of thioether (sulfide) groups is 1. The van der Waals surface area contributed by atoms with Crippen LogP contribution in [0.5, 0.6) is 0 Å². The molecule has 1 atom stereocenters. The topological polar surface area (TPSA) is 53.4 Å². The molecule has 0 radical (unpaired) electrons. The number of thiazole rings is 1. The van der Waals surface area contributed by atoms with Gasteiger partial charge in [-0.1, -0.05) is 0 Å². The summed E-state index contributed by atoms with van der Waals surface area (Å²) in [4.78, 5) is 18.1. The number of aliphatic hydroxyl groups is 1. The second-order valence-corrected chi connectivity index (χ2v) is 6.58. The smallest absolute Gasteiger partial charge is 0.232 e. The Kier molecular flexibility index (Phi) is 5.03.